The summed E-state index contributed by atoms with van der Waals surface area (Å²) in [4.78, 5) is 24.0. The Balaban J connectivity index is 1.55. The first-order valence-corrected chi connectivity index (χ1v) is 13.2. The minimum Gasteiger partial charge on any atom is -0.361 e. The van der Waals surface area contributed by atoms with Gasteiger partial charge in [-0.25, -0.2) is 4.98 Å². The molecule has 2 aromatic rings. The molecule has 1 aliphatic heterocycles. The van der Waals surface area contributed by atoms with Crippen LogP contribution in [0.2, 0.25) is 0 Å². The molecule has 2 atom stereocenters. The number of amides is 1. The highest BCUT2D eigenvalue weighted by Gasteiger charge is 2.28. The molecule has 1 unspecified atom stereocenters. The van der Waals surface area contributed by atoms with Gasteiger partial charge in [0.05, 0.1) is 11.6 Å². The molecule has 192 valence electrons. The summed E-state index contributed by atoms with van der Waals surface area (Å²) in [5.74, 6) is 1.19. The Labute approximate surface area is 215 Å². The van der Waals surface area contributed by atoms with Crippen LogP contribution in [0.4, 0.5) is 11.5 Å². The highest BCUT2D eigenvalue weighted by Crippen LogP contribution is 2.23. The molecular formula is C26H41N7OS. The predicted molar refractivity (Wildman–Crippen MR) is 150 cm³/mol. The van der Waals surface area contributed by atoms with Crippen LogP contribution in [0.5, 0.6) is 0 Å². The van der Waals surface area contributed by atoms with Gasteiger partial charge in [-0.3, -0.25) is 4.79 Å². The number of fused-ring (bicyclic) bond motifs is 1. The van der Waals surface area contributed by atoms with E-state index in [1.54, 1.807) is 0 Å². The molecule has 1 amide bonds. The van der Waals surface area contributed by atoms with Gasteiger partial charge in [0, 0.05) is 50.3 Å². The van der Waals surface area contributed by atoms with Gasteiger partial charge in [0.15, 0.2) is 5.11 Å². The number of anilines is 2. The maximum absolute atomic E-state index is 12.7. The molecule has 35 heavy (non-hydrogen) atoms. The first-order valence-electron chi connectivity index (χ1n) is 12.8. The number of nitrogens with one attached hydrogen (secondary N) is 2. The molecule has 0 radical (unpaired) electrons. The fourth-order valence-electron chi connectivity index (χ4n) is 4.28. The zero-order chi connectivity index (χ0) is 25.4. The number of aromatic nitrogens is 1. The van der Waals surface area contributed by atoms with E-state index in [0.29, 0.717) is 18.2 Å². The van der Waals surface area contributed by atoms with E-state index in [1.807, 2.05) is 24.0 Å². The normalized spacial score (nSPS) is 15.8. The van der Waals surface area contributed by atoms with Crippen LogP contribution in [-0.4, -0.2) is 84.2 Å². The average Bonchev–Trinajstić information content (AvgIpc) is 2.89. The standard InChI is InChI=1S/C26H41N7OS/c1-5-19(4)24(27)25(34)33-16-14-32(15-17-33)23-11-8-20-18-21(9-10-22(20)30-23)29-26(35)28-12-13-31(6-2)7-3/h8-11,18-19,24H,5-7,12-17,27H2,1-4H3,(H2,28,29,35)/t19?,24-/m0/s1. The Morgan fingerprint density at radius 2 is 1.86 bits per heavy atom. The number of thiocarbonyl (C=S) groups is 1. The Hall–Kier alpha value is -2.49. The molecule has 1 aromatic heterocycles. The Kier molecular flexibility index (Phi) is 10.1. The third-order valence-electron chi connectivity index (χ3n) is 7.00. The minimum atomic E-state index is -0.418. The zero-order valence-electron chi connectivity index (χ0n) is 21.6. The van der Waals surface area contributed by atoms with Crippen LogP contribution in [0.15, 0.2) is 30.3 Å². The lowest BCUT2D eigenvalue weighted by molar-refractivity contribution is -0.134. The number of carbonyl (C=O) groups is 1. The van der Waals surface area contributed by atoms with E-state index < -0.39 is 6.04 Å². The molecule has 3 rings (SSSR count). The van der Waals surface area contributed by atoms with Crippen LogP contribution in [0.25, 0.3) is 10.9 Å². The second-order valence-electron chi connectivity index (χ2n) is 9.21. The molecule has 1 saturated heterocycles. The van der Waals surface area contributed by atoms with Gasteiger partial charge in [-0.15, -0.1) is 0 Å². The van der Waals surface area contributed by atoms with Crippen molar-refractivity contribution < 1.29 is 4.79 Å². The maximum atomic E-state index is 12.7. The quantitative estimate of drug-likeness (QED) is 0.430. The number of nitrogens with two attached hydrogens (primary N) is 1. The lowest BCUT2D eigenvalue weighted by Gasteiger charge is -2.37. The molecule has 1 aliphatic rings. The SMILES string of the molecule is CCC(C)[C@H](N)C(=O)N1CCN(c2ccc3cc(NC(=S)NCCN(CC)CC)ccc3n2)CC1. The number of benzene rings is 1. The highest BCUT2D eigenvalue weighted by atomic mass is 32.1. The van der Waals surface area contributed by atoms with E-state index in [9.17, 15) is 4.79 Å². The number of hydrogen-bond donors (Lipinski definition) is 3. The topological polar surface area (TPSA) is 89.8 Å². The van der Waals surface area contributed by atoms with Gasteiger partial charge in [0.25, 0.3) is 0 Å². The number of piperazine rings is 1. The van der Waals surface area contributed by atoms with Crippen molar-refractivity contribution in [2.75, 3.05) is 62.6 Å². The van der Waals surface area contributed by atoms with Gasteiger partial charge >= 0.3 is 0 Å². The molecule has 0 spiro atoms. The van der Waals surface area contributed by atoms with Gasteiger partial charge in [0.2, 0.25) is 5.91 Å². The monoisotopic (exact) mass is 499 g/mol. The van der Waals surface area contributed by atoms with Gasteiger partial charge in [-0.05, 0) is 61.6 Å². The number of likely N-dealkylation sites (N-methyl/N-ethyl adjacent to an activating group) is 1. The Bertz CT molecular complexity index is 989. The second-order valence-corrected chi connectivity index (χ2v) is 9.62. The van der Waals surface area contributed by atoms with Crippen molar-refractivity contribution in [3.05, 3.63) is 30.3 Å². The van der Waals surface area contributed by atoms with E-state index in [-0.39, 0.29) is 11.8 Å². The molecule has 4 N–H and O–H groups in total. The lowest BCUT2D eigenvalue weighted by atomic mass is 9.98. The summed E-state index contributed by atoms with van der Waals surface area (Å²) in [6.45, 7) is 15.2. The van der Waals surface area contributed by atoms with E-state index in [2.05, 4.69) is 59.4 Å². The van der Waals surface area contributed by atoms with Crippen LogP contribution in [0.3, 0.4) is 0 Å². The third-order valence-corrected chi connectivity index (χ3v) is 7.24. The van der Waals surface area contributed by atoms with Gasteiger partial charge in [-0.1, -0.05) is 34.1 Å². The Morgan fingerprint density at radius 1 is 1.14 bits per heavy atom. The summed E-state index contributed by atoms with van der Waals surface area (Å²) >= 11 is 5.46. The van der Waals surface area contributed by atoms with E-state index in [4.69, 9.17) is 22.9 Å². The van der Waals surface area contributed by atoms with Gasteiger partial charge in [0.1, 0.15) is 5.82 Å². The first-order chi connectivity index (χ1) is 16.9. The number of hydrogen-bond acceptors (Lipinski definition) is 6. The average molecular weight is 500 g/mol. The molecule has 1 aromatic carbocycles. The van der Waals surface area contributed by atoms with Crippen LogP contribution in [-0.2, 0) is 4.79 Å². The van der Waals surface area contributed by atoms with Crippen molar-refractivity contribution in [1.29, 1.82) is 0 Å². The molecule has 0 aliphatic carbocycles. The highest BCUT2D eigenvalue weighted by molar-refractivity contribution is 7.80. The van der Waals surface area contributed by atoms with Crippen LogP contribution in [0.1, 0.15) is 34.1 Å². The number of pyridine rings is 1. The number of carbonyl (C=O) groups excluding carboxylic acids is 1. The lowest BCUT2D eigenvalue weighted by Crippen LogP contribution is -2.54. The Morgan fingerprint density at radius 3 is 2.51 bits per heavy atom. The van der Waals surface area contributed by atoms with E-state index >= 15 is 0 Å². The van der Waals surface area contributed by atoms with Crippen LogP contribution < -0.4 is 21.3 Å². The molecule has 0 bridgehead atoms. The summed E-state index contributed by atoms with van der Waals surface area (Å²) in [5, 5.41) is 8.23. The van der Waals surface area contributed by atoms with Crippen molar-refractivity contribution >= 4 is 45.6 Å². The summed E-state index contributed by atoms with van der Waals surface area (Å²) < 4.78 is 0. The van der Waals surface area contributed by atoms with Crippen LogP contribution >= 0.6 is 12.2 Å². The minimum absolute atomic E-state index is 0.0611. The van der Waals surface area contributed by atoms with Crippen molar-refractivity contribution in [3.63, 3.8) is 0 Å². The van der Waals surface area contributed by atoms with Gasteiger partial charge in [-0.2, -0.15) is 0 Å². The fraction of sp³-hybridized carbons (Fsp3) is 0.577. The summed E-state index contributed by atoms with van der Waals surface area (Å²) in [6.07, 6.45) is 0.907. The summed E-state index contributed by atoms with van der Waals surface area (Å²) in [7, 11) is 0. The molecule has 1 fully saturated rings. The smallest absolute Gasteiger partial charge is 0.239 e. The molecule has 8 nitrogen and oxygen atoms in total. The maximum Gasteiger partial charge on any atom is 0.239 e. The molecule has 9 heteroatoms. The molecular weight excluding hydrogens is 458 g/mol. The van der Waals surface area contributed by atoms with E-state index in [1.165, 1.54) is 0 Å². The number of rotatable bonds is 10. The summed E-state index contributed by atoms with van der Waals surface area (Å²) in [6, 6.07) is 9.82. The van der Waals surface area contributed by atoms with Crippen molar-refractivity contribution in [1.82, 2.24) is 20.1 Å². The molecule has 0 saturated carbocycles. The van der Waals surface area contributed by atoms with Crippen molar-refractivity contribution in [2.24, 2.45) is 11.7 Å². The summed E-state index contributed by atoms with van der Waals surface area (Å²) in [5.41, 5.74) is 8.04. The number of nitrogens with zero attached hydrogens (tertiary/aromatic N) is 4. The zero-order valence-corrected chi connectivity index (χ0v) is 22.4. The van der Waals surface area contributed by atoms with Gasteiger partial charge < -0.3 is 31.1 Å². The van der Waals surface area contributed by atoms with Crippen molar-refractivity contribution in [2.45, 2.75) is 40.2 Å². The largest absolute Gasteiger partial charge is 0.361 e. The van der Waals surface area contributed by atoms with Crippen LogP contribution in [0, 0.1) is 5.92 Å². The third kappa shape index (κ3) is 7.25. The van der Waals surface area contributed by atoms with E-state index in [0.717, 1.165) is 68.1 Å². The predicted octanol–water partition coefficient (Wildman–Crippen LogP) is 2.89. The fourth-order valence-corrected chi connectivity index (χ4v) is 4.50. The molecule has 2 heterocycles. The first kappa shape index (κ1) is 27.1. The van der Waals surface area contributed by atoms with Crippen molar-refractivity contribution in [3.8, 4) is 0 Å². The second kappa shape index (κ2) is 13.0.